The van der Waals surface area contributed by atoms with E-state index in [1.165, 1.54) is 4.90 Å². The highest BCUT2D eigenvalue weighted by atomic mass is 16.5. The van der Waals surface area contributed by atoms with Crippen molar-refractivity contribution >= 4 is 11.8 Å². The Balaban J connectivity index is 1.96. The lowest BCUT2D eigenvalue weighted by atomic mass is 9.98. The molecule has 0 spiro atoms. The number of nitrogens with one attached hydrogen (secondary N) is 1. The maximum atomic E-state index is 12.1. The van der Waals surface area contributed by atoms with E-state index in [1.807, 2.05) is 24.3 Å². The molecule has 2 amide bonds. The Morgan fingerprint density at radius 3 is 2.90 bits per heavy atom. The topological polar surface area (TPSA) is 58.6 Å². The van der Waals surface area contributed by atoms with Crippen molar-refractivity contribution < 1.29 is 14.3 Å². The van der Waals surface area contributed by atoms with Crippen LogP contribution in [-0.4, -0.2) is 43.0 Å². The molecule has 1 aromatic carbocycles. The van der Waals surface area contributed by atoms with Crippen LogP contribution in [0.25, 0.3) is 0 Å². The Morgan fingerprint density at radius 1 is 1.43 bits per heavy atom. The fourth-order valence-electron chi connectivity index (χ4n) is 2.32. The average molecular weight is 290 g/mol. The van der Waals surface area contributed by atoms with Crippen LogP contribution in [-0.2, 0) is 9.59 Å². The Morgan fingerprint density at radius 2 is 2.19 bits per heavy atom. The molecule has 0 radical (unpaired) electrons. The van der Waals surface area contributed by atoms with Gasteiger partial charge >= 0.3 is 0 Å². The number of carbonyl (C=O) groups is 2. The van der Waals surface area contributed by atoms with Gasteiger partial charge in [-0.25, -0.2) is 0 Å². The SMILES string of the molecule is CCC(C)c1ccccc1OCC(=O)N1CCNC(=O)C1. The Labute approximate surface area is 125 Å². The molecule has 1 atom stereocenters. The molecule has 1 fully saturated rings. The summed E-state index contributed by atoms with van der Waals surface area (Å²) in [4.78, 5) is 24.9. The van der Waals surface area contributed by atoms with Gasteiger partial charge in [-0.1, -0.05) is 32.0 Å². The second-order valence-electron chi connectivity index (χ2n) is 5.30. The summed E-state index contributed by atoms with van der Waals surface area (Å²) in [6.07, 6.45) is 1.01. The number of nitrogens with zero attached hydrogens (tertiary/aromatic N) is 1. The van der Waals surface area contributed by atoms with Crippen molar-refractivity contribution in [1.29, 1.82) is 0 Å². The lowest BCUT2D eigenvalue weighted by Crippen LogP contribution is -2.51. The summed E-state index contributed by atoms with van der Waals surface area (Å²) in [5.41, 5.74) is 1.11. The molecule has 0 saturated carbocycles. The number of amides is 2. The minimum Gasteiger partial charge on any atom is -0.483 e. The lowest BCUT2D eigenvalue weighted by molar-refractivity contribution is -0.139. The molecule has 1 saturated heterocycles. The molecule has 1 aliphatic rings. The minimum atomic E-state index is -0.149. The summed E-state index contributed by atoms with van der Waals surface area (Å²) in [6.45, 7) is 5.41. The molecule has 1 heterocycles. The van der Waals surface area contributed by atoms with E-state index in [-0.39, 0.29) is 25.0 Å². The van der Waals surface area contributed by atoms with E-state index in [4.69, 9.17) is 4.74 Å². The number of ether oxygens (including phenoxy) is 1. The maximum Gasteiger partial charge on any atom is 0.261 e. The van der Waals surface area contributed by atoms with E-state index >= 15 is 0 Å². The van der Waals surface area contributed by atoms with E-state index in [9.17, 15) is 9.59 Å². The molecule has 21 heavy (non-hydrogen) atoms. The highest BCUT2D eigenvalue weighted by Gasteiger charge is 2.21. The minimum absolute atomic E-state index is 0.0271. The van der Waals surface area contributed by atoms with Gasteiger partial charge in [-0.05, 0) is 24.0 Å². The van der Waals surface area contributed by atoms with Crippen molar-refractivity contribution in [3.8, 4) is 5.75 Å². The Kier molecular flexibility index (Phi) is 5.20. The standard InChI is InChI=1S/C16H22N2O3/c1-3-12(2)13-6-4-5-7-14(13)21-11-16(20)18-9-8-17-15(19)10-18/h4-7,12H,3,8-11H2,1-2H3,(H,17,19). The Bertz CT molecular complexity index is 516. The first-order chi connectivity index (χ1) is 10.1. The molecule has 0 bridgehead atoms. The third-order valence-corrected chi connectivity index (χ3v) is 3.80. The Hall–Kier alpha value is -2.04. The summed E-state index contributed by atoms with van der Waals surface area (Å²) in [5.74, 6) is 0.872. The molecular weight excluding hydrogens is 268 g/mol. The zero-order valence-corrected chi connectivity index (χ0v) is 12.6. The first-order valence-corrected chi connectivity index (χ1v) is 7.38. The van der Waals surface area contributed by atoms with Gasteiger partial charge in [0.15, 0.2) is 6.61 Å². The predicted octanol–water partition coefficient (Wildman–Crippen LogP) is 1.54. The fraction of sp³-hybridized carbons (Fsp3) is 0.500. The molecule has 0 aromatic heterocycles. The van der Waals surface area contributed by atoms with Gasteiger partial charge in [-0.3, -0.25) is 9.59 Å². The molecule has 2 rings (SSSR count). The number of piperazine rings is 1. The van der Waals surface area contributed by atoms with Gasteiger partial charge < -0.3 is 15.0 Å². The van der Waals surface area contributed by atoms with Crippen LogP contribution in [0.3, 0.4) is 0 Å². The zero-order valence-electron chi connectivity index (χ0n) is 12.6. The van der Waals surface area contributed by atoms with Crippen LogP contribution >= 0.6 is 0 Å². The fourth-order valence-corrected chi connectivity index (χ4v) is 2.32. The molecule has 1 unspecified atom stereocenters. The summed E-state index contributed by atoms with van der Waals surface area (Å²) in [5, 5.41) is 2.70. The molecule has 1 aliphatic heterocycles. The van der Waals surface area contributed by atoms with Gasteiger partial charge in [0.05, 0.1) is 6.54 Å². The van der Waals surface area contributed by atoms with Crippen LogP contribution in [0, 0.1) is 0 Å². The third-order valence-electron chi connectivity index (χ3n) is 3.80. The number of para-hydroxylation sites is 1. The van der Waals surface area contributed by atoms with Crippen molar-refractivity contribution in [1.82, 2.24) is 10.2 Å². The van der Waals surface area contributed by atoms with Gasteiger partial charge in [0, 0.05) is 13.1 Å². The first-order valence-electron chi connectivity index (χ1n) is 7.38. The van der Waals surface area contributed by atoms with Crippen LogP contribution in [0.15, 0.2) is 24.3 Å². The number of benzene rings is 1. The quantitative estimate of drug-likeness (QED) is 0.895. The van der Waals surface area contributed by atoms with Crippen molar-refractivity contribution in [3.63, 3.8) is 0 Å². The van der Waals surface area contributed by atoms with Gasteiger partial charge in [0.1, 0.15) is 5.75 Å². The molecule has 114 valence electrons. The van der Waals surface area contributed by atoms with Crippen molar-refractivity contribution in [2.45, 2.75) is 26.2 Å². The van der Waals surface area contributed by atoms with Crippen LogP contribution in [0.2, 0.25) is 0 Å². The van der Waals surface area contributed by atoms with Crippen molar-refractivity contribution in [2.24, 2.45) is 0 Å². The highest BCUT2D eigenvalue weighted by Crippen LogP contribution is 2.28. The summed E-state index contributed by atoms with van der Waals surface area (Å²) in [6, 6.07) is 7.80. The maximum absolute atomic E-state index is 12.1. The molecule has 0 aliphatic carbocycles. The molecule has 5 heteroatoms. The molecule has 1 N–H and O–H groups in total. The number of rotatable bonds is 5. The van der Waals surface area contributed by atoms with Crippen LogP contribution in [0.4, 0.5) is 0 Å². The second kappa shape index (κ2) is 7.11. The van der Waals surface area contributed by atoms with Gasteiger partial charge in [0.2, 0.25) is 5.91 Å². The van der Waals surface area contributed by atoms with Crippen LogP contribution < -0.4 is 10.1 Å². The van der Waals surface area contributed by atoms with Gasteiger partial charge in [-0.15, -0.1) is 0 Å². The molecule has 5 nitrogen and oxygen atoms in total. The average Bonchev–Trinajstić information content (AvgIpc) is 2.52. The van der Waals surface area contributed by atoms with E-state index in [2.05, 4.69) is 19.2 Å². The number of carbonyl (C=O) groups excluding carboxylic acids is 2. The first kappa shape index (κ1) is 15.4. The number of hydrogen-bond donors (Lipinski definition) is 1. The lowest BCUT2D eigenvalue weighted by Gasteiger charge is -2.26. The molecule has 1 aromatic rings. The zero-order chi connectivity index (χ0) is 15.2. The van der Waals surface area contributed by atoms with Crippen LogP contribution in [0.1, 0.15) is 31.7 Å². The predicted molar refractivity (Wildman–Crippen MR) is 80.2 cm³/mol. The summed E-state index contributed by atoms with van der Waals surface area (Å²) >= 11 is 0. The third kappa shape index (κ3) is 3.97. The van der Waals surface area contributed by atoms with Crippen molar-refractivity contribution in [2.75, 3.05) is 26.2 Å². The smallest absolute Gasteiger partial charge is 0.261 e. The number of hydrogen-bond acceptors (Lipinski definition) is 3. The van der Waals surface area contributed by atoms with E-state index < -0.39 is 0 Å². The second-order valence-corrected chi connectivity index (χ2v) is 5.30. The van der Waals surface area contributed by atoms with Crippen molar-refractivity contribution in [3.05, 3.63) is 29.8 Å². The normalized spacial score (nSPS) is 16.3. The molecular formula is C16H22N2O3. The summed E-state index contributed by atoms with van der Waals surface area (Å²) in [7, 11) is 0. The van der Waals surface area contributed by atoms with Gasteiger partial charge in [0.25, 0.3) is 5.91 Å². The highest BCUT2D eigenvalue weighted by molar-refractivity contribution is 5.86. The monoisotopic (exact) mass is 290 g/mol. The van der Waals surface area contributed by atoms with E-state index in [0.29, 0.717) is 19.0 Å². The van der Waals surface area contributed by atoms with Gasteiger partial charge in [-0.2, -0.15) is 0 Å². The largest absolute Gasteiger partial charge is 0.483 e. The summed E-state index contributed by atoms with van der Waals surface area (Å²) < 4.78 is 5.69. The van der Waals surface area contributed by atoms with E-state index in [0.717, 1.165) is 17.7 Å². The van der Waals surface area contributed by atoms with Crippen LogP contribution in [0.5, 0.6) is 5.75 Å². The van der Waals surface area contributed by atoms with E-state index in [1.54, 1.807) is 0 Å².